The number of fused-ring (bicyclic) bond motifs is 2. The largest absolute Gasteiger partial charge is 0.475 e. The molecule has 2 aliphatic rings. The molecule has 0 radical (unpaired) electrons. The summed E-state index contributed by atoms with van der Waals surface area (Å²) in [7, 11) is 0. The van der Waals surface area contributed by atoms with Crippen LogP contribution in [0.5, 0.6) is 5.88 Å². The van der Waals surface area contributed by atoms with Gasteiger partial charge in [0, 0.05) is 6.54 Å². The van der Waals surface area contributed by atoms with Gasteiger partial charge in [0.1, 0.15) is 23.3 Å². The zero-order valence-corrected chi connectivity index (χ0v) is 12.2. The molecule has 4 heterocycles. The fourth-order valence-electron chi connectivity index (χ4n) is 2.63. The molecule has 0 spiro atoms. The van der Waals surface area contributed by atoms with E-state index < -0.39 is 5.82 Å². The van der Waals surface area contributed by atoms with Gasteiger partial charge in [-0.25, -0.2) is 9.37 Å². The van der Waals surface area contributed by atoms with Crippen molar-refractivity contribution >= 4 is 39.9 Å². The maximum absolute atomic E-state index is 14.2. The van der Waals surface area contributed by atoms with Gasteiger partial charge in [-0.3, -0.25) is 0 Å². The molecule has 21 heavy (non-hydrogen) atoms. The Morgan fingerprint density at radius 3 is 2.90 bits per heavy atom. The number of nitrogens with zero attached hydrogens (tertiary/aromatic N) is 4. The number of pyridine rings is 1. The highest BCUT2D eigenvalue weighted by molar-refractivity contribution is 6.31. The number of rotatable bonds is 0. The second-order valence-electron chi connectivity index (χ2n) is 4.79. The number of anilines is 1. The zero-order chi connectivity index (χ0) is 14.6. The topological polar surface area (TPSA) is 60.4 Å². The molecule has 0 bridgehead atoms. The minimum atomic E-state index is -0.726. The molecule has 0 amide bonds. The lowest BCUT2D eigenvalue weighted by atomic mass is 10.2. The second-order valence-corrected chi connectivity index (χ2v) is 5.49. The Hall–Kier alpha value is -1.44. The SMILES string of the molecule is Fc1c(Cl)nc2c3c(nc(Cl)nc13)N1CCOC[C@@H]1CO2. The highest BCUT2D eigenvalue weighted by atomic mass is 35.5. The molecular weight excluding hydrogens is 322 g/mol. The first kappa shape index (κ1) is 13.2. The van der Waals surface area contributed by atoms with Crippen LogP contribution in [0.1, 0.15) is 0 Å². The van der Waals surface area contributed by atoms with E-state index in [1.165, 1.54) is 0 Å². The molecule has 1 saturated heterocycles. The monoisotopic (exact) mass is 330 g/mol. The predicted molar refractivity (Wildman–Crippen MR) is 74.8 cm³/mol. The summed E-state index contributed by atoms with van der Waals surface area (Å²) in [6.45, 7) is 2.00. The third kappa shape index (κ3) is 1.99. The van der Waals surface area contributed by atoms with Crippen molar-refractivity contribution in [3.05, 3.63) is 16.3 Å². The Bertz CT molecular complexity index is 745. The van der Waals surface area contributed by atoms with Crippen LogP contribution < -0.4 is 9.64 Å². The molecule has 2 aromatic rings. The number of morpholine rings is 1. The smallest absolute Gasteiger partial charge is 0.228 e. The van der Waals surface area contributed by atoms with Crippen molar-refractivity contribution in [3.63, 3.8) is 0 Å². The van der Waals surface area contributed by atoms with Crippen molar-refractivity contribution in [1.29, 1.82) is 0 Å². The minimum absolute atomic E-state index is 0.0205. The van der Waals surface area contributed by atoms with Crippen LogP contribution in [0.25, 0.3) is 10.9 Å². The summed E-state index contributed by atoms with van der Waals surface area (Å²) in [6.07, 6.45) is 0. The molecule has 6 nitrogen and oxygen atoms in total. The second kappa shape index (κ2) is 4.79. The van der Waals surface area contributed by atoms with E-state index in [0.717, 1.165) is 0 Å². The lowest BCUT2D eigenvalue weighted by Crippen LogP contribution is -2.48. The highest BCUT2D eigenvalue weighted by Crippen LogP contribution is 2.38. The third-order valence-corrected chi connectivity index (χ3v) is 4.00. The summed E-state index contributed by atoms with van der Waals surface area (Å²) >= 11 is 11.7. The highest BCUT2D eigenvalue weighted by Gasteiger charge is 2.33. The molecule has 9 heteroatoms. The molecule has 0 N–H and O–H groups in total. The van der Waals surface area contributed by atoms with Crippen LogP contribution in [0.15, 0.2) is 0 Å². The number of halogens is 3. The van der Waals surface area contributed by atoms with E-state index in [9.17, 15) is 4.39 Å². The summed E-state index contributed by atoms with van der Waals surface area (Å²) < 4.78 is 25.3. The van der Waals surface area contributed by atoms with E-state index in [2.05, 4.69) is 15.0 Å². The first-order chi connectivity index (χ1) is 10.1. The Morgan fingerprint density at radius 2 is 2.05 bits per heavy atom. The van der Waals surface area contributed by atoms with Gasteiger partial charge in [-0.1, -0.05) is 11.6 Å². The van der Waals surface area contributed by atoms with Crippen LogP contribution >= 0.6 is 23.2 Å². The average molecular weight is 331 g/mol. The molecule has 0 aliphatic carbocycles. The lowest BCUT2D eigenvalue weighted by molar-refractivity contribution is 0.0776. The van der Waals surface area contributed by atoms with E-state index in [1.807, 2.05) is 4.90 Å². The van der Waals surface area contributed by atoms with Gasteiger partial charge < -0.3 is 14.4 Å². The first-order valence-corrected chi connectivity index (χ1v) is 7.10. The number of hydrogen-bond donors (Lipinski definition) is 0. The molecule has 0 aromatic carbocycles. The summed E-state index contributed by atoms with van der Waals surface area (Å²) in [4.78, 5) is 14.1. The Balaban J connectivity index is 2.06. The van der Waals surface area contributed by atoms with Crippen LogP contribution in [0, 0.1) is 5.82 Å². The number of hydrogen-bond acceptors (Lipinski definition) is 6. The summed E-state index contributed by atoms with van der Waals surface area (Å²) in [6, 6.07) is -0.0380. The Labute approximate surface area is 128 Å². The van der Waals surface area contributed by atoms with Gasteiger partial charge in [-0.2, -0.15) is 9.97 Å². The average Bonchev–Trinajstić information content (AvgIpc) is 2.63. The third-order valence-electron chi connectivity index (χ3n) is 3.58. The molecular formula is C12H9Cl2FN4O2. The van der Waals surface area contributed by atoms with Crippen LogP contribution in [-0.2, 0) is 4.74 Å². The fourth-order valence-corrected chi connectivity index (χ4v) is 2.96. The lowest BCUT2D eigenvalue weighted by Gasteiger charge is -2.34. The van der Waals surface area contributed by atoms with E-state index in [0.29, 0.717) is 37.6 Å². The zero-order valence-electron chi connectivity index (χ0n) is 10.6. The summed E-state index contributed by atoms with van der Waals surface area (Å²) in [5, 5.41) is 0.0526. The normalized spacial score (nSPS) is 20.9. The van der Waals surface area contributed by atoms with Crippen LogP contribution in [0.2, 0.25) is 10.4 Å². The van der Waals surface area contributed by atoms with Gasteiger partial charge in [0.15, 0.2) is 11.0 Å². The minimum Gasteiger partial charge on any atom is -0.475 e. The molecule has 110 valence electrons. The standard InChI is InChI=1S/C12H9Cl2FN4O2/c13-9-7(15)8-6-10(18-12(14)16-8)19-1-2-20-3-5(19)4-21-11(6)17-9/h5H,1-4H2/t5-/m1/s1. The van der Waals surface area contributed by atoms with Crippen molar-refractivity contribution in [2.45, 2.75) is 6.04 Å². The number of aromatic nitrogens is 3. The molecule has 1 fully saturated rings. The van der Waals surface area contributed by atoms with Crippen LogP contribution in [0.4, 0.5) is 10.2 Å². The van der Waals surface area contributed by atoms with Gasteiger partial charge in [-0.15, -0.1) is 0 Å². The van der Waals surface area contributed by atoms with Crippen molar-refractivity contribution in [2.75, 3.05) is 31.3 Å². The quantitative estimate of drug-likeness (QED) is 0.544. The molecule has 2 aliphatic heterocycles. The molecule has 2 aromatic heterocycles. The van der Waals surface area contributed by atoms with E-state index >= 15 is 0 Å². The number of ether oxygens (including phenoxy) is 2. The van der Waals surface area contributed by atoms with E-state index in [4.69, 9.17) is 32.7 Å². The van der Waals surface area contributed by atoms with Crippen molar-refractivity contribution in [1.82, 2.24) is 15.0 Å². The molecule has 0 unspecified atom stereocenters. The summed E-state index contributed by atoms with van der Waals surface area (Å²) in [5.41, 5.74) is 0.0205. The fraction of sp³-hybridized carbons (Fsp3) is 0.417. The van der Waals surface area contributed by atoms with E-state index in [-0.39, 0.29) is 27.9 Å². The Morgan fingerprint density at radius 1 is 1.19 bits per heavy atom. The van der Waals surface area contributed by atoms with Crippen LogP contribution in [0.3, 0.4) is 0 Å². The first-order valence-electron chi connectivity index (χ1n) is 6.34. The predicted octanol–water partition coefficient (Wildman–Crippen LogP) is 2.07. The van der Waals surface area contributed by atoms with Gasteiger partial charge in [0.2, 0.25) is 11.2 Å². The van der Waals surface area contributed by atoms with Gasteiger partial charge in [-0.05, 0) is 11.6 Å². The molecule has 4 rings (SSSR count). The molecule has 0 saturated carbocycles. The maximum Gasteiger partial charge on any atom is 0.228 e. The van der Waals surface area contributed by atoms with Crippen molar-refractivity contribution in [2.24, 2.45) is 0 Å². The summed E-state index contributed by atoms with van der Waals surface area (Å²) in [5.74, 6) is 0.00242. The van der Waals surface area contributed by atoms with Gasteiger partial charge in [0.05, 0.1) is 19.3 Å². The van der Waals surface area contributed by atoms with Gasteiger partial charge >= 0.3 is 0 Å². The van der Waals surface area contributed by atoms with E-state index in [1.54, 1.807) is 0 Å². The van der Waals surface area contributed by atoms with Gasteiger partial charge in [0.25, 0.3) is 0 Å². The van der Waals surface area contributed by atoms with Crippen LogP contribution in [-0.4, -0.2) is 47.4 Å². The van der Waals surface area contributed by atoms with Crippen molar-refractivity contribution < 1.29 is 13.9 Å². The Kier molecular flexibility index (Phi) is 3.02. The van der Waals surface area contributed by atoms with Crippen molar-refractivity contribution in [3.8, 4) is 5.88 Å². The molecule has 1 atom stereocenters. The maximum atomic E-state index is 14.2.